The van der Waals surface area contributed by atoms with Crippen LogP contribution in [0.2, 0.25) is 0 Å². The van der Waals surface area contributed by atoms with E-state index in [1.807, 2.05) is 81.4 Å². The lowest BCUT2D eigenvalue weighted by Gasteiger charge is -2.23. The SMILES string of the molecule is CCC(C)C(NC(=O)OCc1ccccc1)C(=O)NCCCCCCCNC(=O)CCC(C)CNC(=O)OCc1ccccc1. The monoisotopic (exact) mass is 624 g/mol. The van der Waals surface area contributed by atoms with Gasteiger partial charge in [-0.3, -0.25) is 9.59 Å². The van der Waals surface area contributed by atoms with Crippen molar-refractivity contribution in [2.24, 2.45) is 11.8 Å². The summed E-state index contributed by atoms with van der Waals surface area (Å²) in [6.07, 6.45) is 5.48. The maximum absolute atomic E-state index is 12.8. The van der Waals surface area contributed by atoms with Gasteiger partial charge in [0.25, 0.3) is 0 Å². The predicted molar refractivity (Wildman–Crippen MR) is 175 cm³/mol. The van der Waals surface area contributed by atoms with E-state index in [1.165, 1.54) is 0 Å². The highest BCUT2D eigenvalue weighted by Crippen LogP contribution is 2.10. The van der Waals surface area contributed by atoms with E-state index in [1.54, 1.807) is 0 Å². The van der Waals surface area contributed by atoms with E-state index in [9.17, 15) is 19.2 Å². The van der Waals surface area contributed by atoms with Crippen molar-refractivity contribution in [1.82, 2.24) is 21.3 Å². The second-order valence-corrected chi connectivity index (χ2v) is 11.6. The van der Waals surface area contributed by atoms with Gasteiger partial charge in [0.1, 0.15) is 19.3 Å². The van der Waals surface area contributed by atoms with Gasteiger partial charge in [-0.05, 0) is 42.2 Å². The largest absolute Gasteiger partial charge is 0.445 e. The Bertz CT molecular complexity index is 1130. The molecule has 0 fully saturated rings. The minimum atomic E-state index is -0.650. The molecule has 0 aliphatic rings. The van der Waals surface area contributed by atoms with Gasteiger partial charge in [0.2, 0.25) is 11.8 Å². The van der Waals surface area contributed by atoms with Crippen LogP contribution in [0.5, 0.6) is 0 Å². The Kier molecular flexibility index (Phi) is 18.5. The van der Waals surface area contributed by atoms with Crippen LogP contribution in [-0.2, 0) is 32.3 Å². The lowest BCUT2D eigenvalue weighted by molar-refractivity contribution is -0.124. The topological polar surface area (TPSA) is 135 Å². The molecule has 3 unspecified atom stereocenters. The van der Waals surface area contributed by atoms with Crippen LogP contribution in [0, 0.1) is 11.8 Å². The zero-order chi connectivity index (χ0) is 32.7. The van der Waals surface area contributed by atoms with Crippen molar-refractivity contribution in [2.45, 2.75) is 91.4 Å². The number of hydrogen-bond acceptors (Lipinski definition) is 6. The van der Waals surface area contributed by atoms with Crippen LogP contribution >= 0.6 is 0 Å². The second kappa shape index (κ2) is 22.4. The van der Waals surface area contributed by atoms with Crippen LogP contribution in [0.15, 0.2) is 60.7 Å². The summed E-state index contributed by atoms with van der Waals surface area (Å²) in [6.45, 7) is 7.93. The van der Waals surface area contributed by atoms with Crippen LogP contribution in [0.3, 0.4) is 0 Å². The zero-order valence-electron chi connectivity index (χ0n) is 27.1. The Morgan fingerprint density at radius 1 is 0.689 bits per heavy atom. The summed E-state index contributed by atoms with van der Waals surface area (Å²) in [6, 6.07) is 18.3. The third-order valence-electron chi connectivity index (χ3n) is 7.63. The highest BCUT2D eigenvalue weighted by atomic mass is 16.6. The van der Waals surface area contributed by atoms with E-state index in [4.69, 9.17) is 9.47 Å². The first-order valence-electron chi connectivity index (χ1n) is 16.2. The van der Waals surface area contributed by atoms with Crippen molar-refractivity contribution < 1.29 is 28.7 Å². The molecule has 2 aromatic rings. The number of ether oxygens (including phenoxy) is 2. The molecule has 10 nitrogen and oxygen atoms in total. The third-order valence-corrected chi connectivity index (χ3v) is 7.63. The molecule has 0 saturated heterocycles. The zero-order valence-corrected chi connectivity index (χ0v) is 27.1. The summed E-state index contributed by atoms with van der Waals surface area (Å²) in [4.78, 5) is 49.2. The molecule has 0 aliphatic heterocycles. The van der Waals surface area contributed by atoms with Gasteiger partial charge in [-0.1, -0.05) is 107 Å². The molecule has 10 heteroatoms. The Hall–Kier alpha value is -4.08. The first-order chi connectivity index (χ1) is 21.8. The molecule has 0 bridgehead atoms. The van der Waals surface area contributed by atoms with E-state index in [2.05, 4.69) is 21.3 Å². The lowest BCUT2D eigenvalue weighted by atomic mass is 9.98. The van der Waals surface area contributed by atoms with E-state index in [0.717, 1.165) is 49.7 Å². The molecule has 0 radical (unpaired) electrons. The summed E-state index contributed by atoms with van der Waals surface area (Å²) < 4.78 is 10.5. The van der Waals surface area contributed by atoms with Gasteiger partial charge < -0.3 is 30.7 Å². The van der Waals surface area contributed by atoms with Gasteiger partial charge >= 0.3 is 12.2 Å². The molecule has 2 rings (SSSR count). The number of carbonyl (C=O) groups excluding carboxylic acids is 4. The molecule has 0 spiro atoms. The molecule has 0 heterocycles. The molecule has 0 aliphatic carbocycles. The predicted octanol–water partition coefficient (Wildman–Crippen LogP) is 5.85. The molecule has 2 aromatic carbocycles. The van der Waals surface area contributed by atoms with Crippen molar-refractivity contribution in [3.05, 3.63) is 71.8 Å². The van der Waals surface area contributed by atoms with Crippen molar-refractivity contribution in [1.29, 1.82) is 0 Å². The van der Waals surface area contributed by atoms with Crippen LogP contribution in [0.4, 0.5) is 9.59 Å². The van der Waals surface area contributed by atoms with Gasteiger partial charge in [0, 0.05) is 26.1 Å². The van der Waals surface area contributed by atoms with Crippen LogP contribution < -0.4 is 21.3 Å². The summed E-state index contributed by atoms with van der Waals surface area (Å²) in [5.74, 6) is -0.0509. The minimum absolute atomic E-state index is 0.0182. The Labute approximate surface area is 268 Å². The van der Waals surface area contributed by atoms with Crippen molar-refractivity contribution >= 4 is 24.0 Å². The van der Waals surface area contributed by atoms with Crippen LogP contribution in [0.1, 0.15) is 83.3 Å². The molecular formula is C35H52N4O6. The Morgan fingerprint density at radius 3 is 1.80 bits per heavy atom. The average molecular weight is 625 g/mol. The van der Waals surface area contributed by atoms with Gasteiger partial charge in [-0.25, -0.2) is 9.59 Å². The molecule has 45 heavy (non-hydrogen) atoms. The molecule has 3 atom stereocenters. The highest BCUT2D eigenvalue weighted by Gasteiger charge is 2.26. The molecule has 248 valence electrons. The minimum Gasteiger partial charge on any atom is -0.445 e. The molecule has 0 saturated carbocycles. The first kappa shape index (κ1) is 37.1. The fourth-order valence-corrected chi connectivity index (χ4v) is 4.52. The fourth-order valence-electron chi connectivity index (χ4n) is 4.52. The van der Waals surface area contributed by atoms with Crippen LogP contribution in [-0.4, -0.2) is 49.7 Å². The summed E-state index contributed by atoms with van der Waals surface area (Å²) >= 11 is 0. The molecule has 4 N–H and O–H groups in total. The van der Waals surface area contributed by atoms with E-state index < -0.39 is 18.2 Å². The maximum Gasteiger partial charge on any atom is 0.408 e. The second-order valence-electron chi connectivity index (χ2n) is 11.6. The summed E-state index contributed by atoms with van der Waals surface area (Å²) in [5.41, 5.74) is 1.82. The number of carbonyl (C=O) groups is 4. The third kappa shape index (κ3) is 17.1. The number of unbranched alkanes of at least 4 members (excludes halogenated alkanes) is 4. The Balaban J connectivity index is 1.47. The molecule has 0 aromatic heterocycles. The van der Waals surface area contributed by atoms with E-state index in [-0.39, 0.29) is 36.9 Å². The van der Waals surface area contributed by atoms with Gasteiger partial charge in [0.05, 0.1) is 0 Å². The van der Waals surface area contributed by atoms with Gasteiger partial charge in [-0.15, -0.1) is 0 Å². The molecule has 4 amide bonds. The average Bonchev–Trinajstić information content (AvgIpc) is 3.06. The van der Waals surface area contributed by atoms with Crippen molar-refractivity contribution in [3.8, 4) is 0 Å². The quantitative estimate of drug-likeness (QED) is 0.129. The summed E-state index contributed by atoms with van der Waals surface area (Å²) in [5, 5.41) is 11.4. The van der Waals surface area contributed by atoms with Gasteiger partial charge in [0.15, 0.2) is 0 Å². The smallest absolute Gasteiger partial charge is 0.408 e. The highest BCUT2D eigenvalue weighted by molar-refractivity contribution is 5.85. The van der Waals surface area contributed by atoms with Crippen molar-refractivity contribution in [3.63, 3.8) is 0 Å². The standard InChI is InChI=1S/C35H52N4O6/c1-4-28(3)32(39-35(43)45-26-30-18-12-9-13-19-30)33(41)37-23-15-7-5-6-14-22-36-31(40)21-20-27(2)24-38-34(42)44-25-29-16-10-8-11-17-29/h8-13,16-19,27-28,32H,4-7,14-15,20-26H2,1-3H3,(H,36,40)(H,37,41)(H,38,42)(H,39,43). The summed E-state index contributed by atoms with van der Waals surface area (Å²) in [7, 11) is 0. The van der Waals surface area contributed by atoms with Crippen LogP contribution in [0.25, 0.3) is 0 Å². The molecular weight excluding hydrogens is 572 g/mol. The maximum atomic E-state index is 12.8. The van der Waals surface area contributed by atoms with Crippen molar-refractivity contribution in [2.75, 3.05) is 19.6 Å². The lowest BCUT2D eigenvalue weighted by Crippen LogP contribution is -2.50. The van der Waals surface area contributed by atoms with E-state index >= 15 is 0 Å². The number of benzene rings is 2. The first-order valence-corrected chi connectivity index (χ1v) is 16.2. The number of amides is 4. The number of rotatable bonds is 21. The Morgan fingerprint density at radius 2 is 1.22 bits per heavy atom. The normalized spacial score (nSPS) is 12.7. The number of alkyl carbamates (subject to hydrolysis) is 2. The number of nitrogens with one attached hydrogen (secondary N) is 4. The van der Waals surface area contributed by atoms with E-state index in [0.29, 0.717) is 32.5 Å². The van der Waals surface area contributed by atoms with Gasteiger partial charge in [-0.2, -0.15) is 0 Å². The fraction of sp³-hybridized carbons (Fsp3) is 0.543. The number of hydrogen-bond donors (Lipinski definition) is 4.